The highest BCUT2D eigenvalue weighted by atomic mass is 15.3. The van der Waals surface area contributed by atoms with E-state index in [2.05, 4.69) is 55.6 Å². The van der Waals surface area contributed by atoms with Crippen molar-refractivity contribution in [2.45, 2.75) is 32.4 Å². The lowest BCUT2D eigenvalue weighted by atomic mass is 10.1. The van der Waals surface area contributed by atoms with E-state index in [0.29, 0.717) is 6.04 Å². The summed E-state index contributed by atoms with van der Waals surface area (Å²) in [6.45, 7) is 4.91. The standard InChI is InChI=1S/C22H26N8/c1-3-30-13-15(11-25-30)19-10-17-20(12-24-19)27-28-22(17)18-7-4-8-21(26-18)29-9-5-6-16(14-29)23-2/h4,7-8,10-13,16,23H,3,5-6,9,14H2,1-2H3,(H,27,28)/t16-/m1/s1. The molecule has 1 aliphatic rings. The molecule has 0 amide bonds. The third-order valence-corrected chi connectivity index (χ3v) is 5.83. The van der Waals surface area contributed by atoms with Crippen LogP contribution in [0.25, 0.3) is 33.5 Å². The SMILES string of the molecule is CCn1cc(-c2cc3c(-c4cccc(N5CCC[C@@H](NC)C5)n4)n[nH]c3cn2)cn1. The van der Waals surface area contributed by atoms with Crippen LogP contribution in [0.5, 0.6) is 0 Å². The maximum Gasteiger partial charge on any atom is 0.129 e. The van der Waals surface area contributed by atoms with Crippen LogP contribution in [-0.4, -0.2) is 56.1 Å². The van der Waals surface area contributed by atoms with Crippen LogP contribution in [0.3, 0.4) is 0 Å². The molecule has 0 aromatic carbocycles. The molecular formula is C22H26N8. The molecule has 2 N–H and O–H groups in total. The first-order valence-electron chi connectivity index (χ1n) is 10.5. The summed E-state index contributed by atoms with van der Waals surface area (Å²) in [6, 6.07) is 8.75. The van der Waals surface area contributed by atoms with E-state index in [-0.39, 0.29) is 0 Å². The van der Waals surface area contributed by atoms with Gasteiger partial charge in [0.15, 0.2) is 0 Å². The number of anilines is 1. The molecule has 0 saturated carbocycles. The summed E-state index contributed by atoms with van der Waals surface area (Å²) in [5.74, 6) is 1.00. The first kappa shape index (κ1) is 18.7. The number of rotatable bonds is 5. The monoisotopic (exact) mass is 402 g/mol. The van der Waals surface area contributed by atoms with Crippen molar-refractivity contribution in [3.05, 3.63) is 42.9 Å². The summed E-state index contributed by atoms with van der Waals surface area (Å²) in [6.07, 6.45) is 8.08. The third-order valence-electron chi connectivity index (χ3n) is 5.83. The summed E-state index contributed by atoms with van der Waals surface area (Å²) in [5.41, 5.74) is 4.50. The van der Waals surface area contributed by atoms with Crippen molar-refractivity contribution in [3.63, 3.8) is 0 Å². The Morgan fingerprint density at radius 3 is 3.00 bits per heavy atom. The van der Waals surface area contributed by atoms with Crippen LogP contribution < -0.4 is 10.2 Å². The molecule has 1 fully saturated rings. The van der Waals surface area contributed by atoms with Crippen LogP contribution >= 0.6 is 0 Å². The number of fused-ring (bicyclic) bond motifs is 1. The van der Waals surface area contributed by atoms with Crippen molar-refractivity contribution in [2.24, 2.45) is 0 Å². The van der Waals surface area contributed by atoms with Crippen molar-refractivity contribution < 1.29 is 0 Å². The van der Waals surface area contributed by atoms with Crippen molar-refractivity contribution in [1.82, 2.24) is 35.3 Å². The molecule has 5 heterocycles. The van der Waals surface area contributed by atoms with Crippen molar-refractivity contribution in [3.8, 4) is 22.6 Å². The summed E-state index contributed by atoms with van der Waals surface area (Å²) in [7, 11) is 2.03. The number of hydrogen-bond acceptors (Lipinski definition) is 6. The molecule has 8 nitrogen and oxygen atoms in total. The van der Waals surface area contributed by atoms with Gasteiger partial charge in [-0.05, 0) is 45.0 Å². The predicted molar refractivity (Wildman–Crippen MR) is 118 cm³/mol. The minimum Gasteiger partial charge on any atom is -0.355 e. The Hall–Kier alpha value is -3.26. The predicted octanol–water partition coefficient (Wildman–Crippen LogP) is 3.09. The van der Waals surface area contributed by atoms with Crippen LogP contribution in [0.4, 0.5) is 5.82 Å². The van der Waals surface area contributed by atoms with Gasteiger partial charge >= 0.3 is 0 Å². The van der Waals surface area contributed by atoms with E-state index >= 15 is 0 Å². The lowest BCUT2D eigenvalue weighted by Gasteiger charge is -2.33. The minimum atomic E-state index is 0.507. The maximum atomic E-state index is 4.96. The first-order valence-corrected chi connectivity index (χ1v) is 10.5. The fourth-order valence-electron chi connectivity index (χ4n) is 4.09. The Balaban J connectivity index is 1.51. The van der Waals surface area contributed by atoms with E-state index in [0.717, 1.165) is 59.0 Å². The highest BCUT2D eigenvalue weighted by Crippen LogP contribution is 2.29. The van der Waals surface area contributed by atoms with E-state index in [1.807, 2.05) is 36.4 Å². The highest BCUT2D eigenvalue weighted by molar-refractivity contribution is 5.93. The molecule has 4 aromatic heterocycles. The zero-order valence-electron chi connectivity index (χ0n) is 17.3. The quantitative estimate of drug-likeness (QED) is 0.533. The zero-order chi connectivity index (χ0) is 20.5. The Labute approximate surface area is 175 Å². The lowest BCUT2D eigenvalue weighted by Crippen LogP contribution is -2.44. The third kappa shape index (κ3) is 3.43. The molecule has 30 heavy (non-hydrogen) atoms. The van der Waals surface area contributed by atoms with Crippen LogP contribution in [0.2, 0.25) is 0 Å². The molecule has 0 radical (unpaired) electrons. The molecule has 1 aliphatic heterocycles. The molecule has 0 spiro atoms. The van der Waals surface area contributed by atoms with Gasteiger partial charge in [0.25, 0.3) is 0 Å². The van der Waals surface area contributed by atoms with Gasteiger partial charge < -0.3 is 10.2 Å². The van der Waals surface area contributed by atoms with Crippen LogP contribution in [0.1, 0.15) is 19.8 Å². The van der Waals surface area contributed by atoms with E-state index < -0.39 is 0 Å². The molecule has 8 heteroatoms. The number of aromatic amines is 1. The molecular weight excluding hydrogens is 376 g/mol. The topological polar surface area (TPSA) is 87.5 Å². The number of nitrogens with zero attached hydrogens (tertiary/aromatic N) is 6. The van der Waals surface area contributed by atoms with Gasteiger partial charge in [-0.25, -0.2) is 4.98 Å². The van der Waals surface area contributed by atoms with Crippen LogP contribution in [0.15, 0.2) is 42.9 Å². The van der Waals surface area contributed by atoms with Gasteiger partial charge in [-0.1, -0.05) is 6.07 Å². The number of pyridine rings is 2. The number of piperidine rings is 1. The van der Waals surface area contributed by atoms with Gasteiger partial charge in [-0.3, -0.25) is 14.8 Å². The summed E-state index contributed by atoms with van der Waals surface area (Å²) in [5, 5.41) is 16.4. The fourth-order valence-corrected chi connectivity index (χ4v) is 4.09. The molecule has 0 unspecified atom stereocenters. The largest absolute Gasteiger partial charge is 0.355 e. The van der Waals surface area contributed by atoms with E-state index in [1.54, 1.807) is 0 Å². The summed E-state index contributed by atoms with van der Waals surface area (Å²) < 4.78 is 1.90. The Kier molecular flexibility index (Phi) is 4.92. The fraction of sp³-hybridized carbons (Fsp3) is 0.364. The second-order valence-corrected chi connectivity index (χ2v) is 7.73. The van der Waals surface area contributed by atoms with E-state index in [4.69, 9.17) is 4.98 Å². The van der Waals surface area contributed by atoms with Gasteiger partial charge in [-0.15, -0.1) is 0 Å². The number of hydrogen-bond donors (Lipinski definition) is 2. The van der Waals surface area contributed by atoms with Crippen molar-refractivity contribution in [1.29, 1.82) is 0 Å². The number of nitrogens with one attached hydrogen (secondary N) is 2. The van der Waals surface area contributed by atoms with Crippen molar-refractivity contribution in [2.75, 3.05) is 25.0 Å². The Morgan fingerprint density at radius 2 is 2.17 bits per heavy atom. The van der Waals surface area contributed by atoms with Gasteiger partial charge in [0.1, 0.15) is 11.5 Å². The highest BCUT2D eigenvalue weighted by Gasteiger charge is 2.20. The average Bonchev–Trinajstić information content (AvgIpc) is 3.46. The number of H-pyrrole nitrogens is 1. The average molecular weight is 403 g/mol. The molecule has 0 bridgehead atoms. The van der Waals surface area contributed by atoms with Crippen LogP contribution in [0, 0.1) is 0 Å². The van der Waals surface area contributed by atoms with Gasteiger partial charge in [0, 0.05) is 42.8 Å². The van der Waals surface area contributed by atoms with Gasteiger partial charge in [0.05, 0.1) is 29.3 Å². The number of aromatic nitrogens is 6. The molecule has 5 rings (SSSR count). The zero-order valence-corrected chi connectivity index (χ0v) is 17.3. The molecule has 0 aliphatic carbocycles. The lowest BCUT2D eigenvalue weighted by molar-refractivity contribution is 0.448. The normalized spacial score (nSPS) is 17.0. The minimum absolute atomic E-state index is 0.507. The molecule has 1 saturated heterocycles. The molecule has 1 atom stereocenters. The second-order valence-electron chi connectivity index (χ2n) is 7.73. The van der Waals surface area contributed by atoms with Gasteiger partial charge in [-0.2, -0.15) is 10.2 Å². The summed E-state index contributed by atoms with van der Waals surface area (Å²) >= 11 is 0. The molecule has 154 valence electrons. The summed E-state index contributed by atoms with van der Waals surface area (Å²) in [4.78, 5) is 11.9. The Bertz CT molecular complexity index is 1160. The Morgan fingerprint density at radius 1 is 1.23 bits per heavy atom. The number of aryl methyl sites for hydroxylation is 1. The van der Waals surface area contributed by atoms with Crippen LogP contribution in [-0.2, 0) is 6.54 Å². The second kappa shape index (κ2) is 7.87. The van der Waals surface area contributed by atoms with Crippen molar-refractivity contribution >= 4 is 16.7 Å². The van der Waals surface area contributed by atoms with E-state index in [9.17, 15) is 0 Å². The van der Waals surface area contributed by atoms with E-state index in [1.165, 1.54) is 12.8 Å². The number of likely N-dealkylation sites (N-methyl/N-ethyl adjacent to an activating group) is 1. The maximum absolute atomic E-state index is 4.96. The first-order chi connectivity index (χ1) is 14.7. The van der Waals surface area contributed by atoms with Gasteiger partial charge in [0.2, 0.25) is 0 Å². The smallest absolute Gasteiger partial charge is 0.129 e. The molecule has 4 aromatic rings.